The summed E-state index contributed by atoms with van der Waals surface area (Å²) in [4.78, 5) is 4.37. The Bertz CT molecular complexity index is 1610. The first-order valence-electron chi connectivity index (χ1n) is 15.5. The fourth-order valence-electron chi connectivity index (χ4n) is 6.02. The van der Waals surface area contributed by atoms with Crippen LogP contribution in [0.2, 0.25) is 5.82 Å². The third-order valence-electron chi connectivity index (χ3n) is 8.16. The van der Waals surface area contributed by atoms with Crippen LogP contribution in [0.1, 0.15) is 30.9 Å². The van der Waals surface area contributed by atoms with Crippen LogP contribution in [0.3, 0.4) is 0 Å². The van der Waals surface area contributed by atoms with Crippen LogP contribution in [0, 0.1) is 0 Å². The van der Waals surface area contributed by atoms with E-state index in [0.717, 1.165) is 11.6 Å². The normalized spacial score (nSPS) is 12.6. The average Bonchev–Trinajstić information content (AvgIpc) is 3.76. The van der Waals surface area contributed by atoms with Crippen molar-refractivity contribution in [2.24, 2.45) is 0 Å². The first-order valence-corrected chi connectivity index (χ1v) is 16.5. The van der Waals surface area contributed by atoms with E-state index in [1.54, 1.807) is 0 Å². The number of ether oxygens (including phenoxy) is 1. The maximum atomic E-state index is 5.75. The molecule has 1 aromatic heterocycles. The minimum absolute atomic E-state index is 0.371. The Kier molecular flexibility index (Phi) is 9.54. The van der Waals surface area contributed by atoms with Crippen LogP contribution >= 0.6 is 0 Å². The summed E-state index contributed by atoms with van der Waals surface area (Å²) in [5.74, 6) is 1.78. The van der Waals surface area contributed by atoms with E-state index in [9.17, 15) is 0 Å². The second kappa shape index (κ2) is 14.2. The van der Waals surface area contributed by atoms with Gasteiger partial charge in [0, 0.05) is 12.4 Å². The molecule has 1 heterocycles. The number of nitrogens with zero attached hydrogens (tertiary/aromatic N) is 2. The van der Waals surface area contributed by atoms with Crippen molar-refractivity contribution in [2.45, 2.75) is 30.7 Å². The topological polar surface area (TPSA) is 27.1 Å². The van der Waals surface area contributed by atoms with Crippen molar-refractivity contribution < 1.29 is 4.74 Å². The van der Waals surface area contributed by atoms with Crippen molar-refractivity contribution in [1.82, 2.24) is 9.55 Å². The van der Waals surface area contributed by atoms with E-state index in [2.05, 4.69) is 155 Å². The summed E-state index contributed by atoms with van der Waals surface area (Å²) in [6, 6.07) is 51.6. The van der Waals surface area contributed by atoms with Gasteiger partial charge < -0.3 is 9.30 Å². The summed E-state index contributed by atoms with van der Waals surface area (Å²) >= 11 is 0. The Balaban J connectivity index is 0.000000181. The molecular formula is C39H37BN2OSi. The molecule has 1 aliphatic rings. The first-order chi connectivity index (χ1) is 21.8. The van der Waals surface area contributed by atoms with Gasteiger partial charge >= 0.3 is 0 Å². The molecule has 0 amide bonds. The molecule has 0 saturated heterocycles. The minimum atomic E-state index is -0.371. The zero-order chi connectivity index (χ0) is 30.0. The fourth-order valence-corrected chi connectivity index (χ4v) is 7.71. The van der Waals surface area contributed by atoms with Gasteiger partial charge in [-0.15, -0.1) is 0 Å². The van der Waals surface area contributed by atoms with Crippen LogP contribution in [-0.2, 0) is 5.16 Å². The Morgan fingerprint density at radius 2 is 1.27 bits per heavy atom. The highest BCUT2D eigenvalue weighted by atomic mass is 28.2. The number of benzene rings is 5. The molecule has 2 radical (unpaired) electrons. The van der Waals surface area contributed by atoms with Gasteiger partial charge in [-0.2, -0.15) is 0 Å². The molecule has 0 unspecified atom stereocenters. The van der Waals surface area contributed by atoms with Crippen molar-refractivity contribution in [2.75, 3.05) is 6.61 Å². The second-order valence-corrected chi connectivity index (χ2v) is 12.7. The van der Waals surface area contributed by atoms with Crippen LogP contribution in [0.4, 0.5) is 0 Å². The third-order valence-corrected chi connectivity index (χ3v) is 9.95. The van der Waals surface area contributed by atoms with Crippen molar-refractivity contribution in [3.05, 3.63) is 175 Å². The highest BCUT2D eigenvalue weighted by Crippen LogP contribution is 2.38. The van der Waals surface area contributed by atoms with Crippen molar-refractivity contribution in [1.29, 1.82) is 0 Å². The van der Waals surface area contributed by atoms with Gasteiger partial charge in [0.25, 0.3) is 0 Å². The van der Waals surface area contributed by atoms with Crippen molar-refractivity contribution in [3.63, 3.8) is 0 Å². The Labute approximate surface area is 264 Å². The van der Waals surface area contributed by atoms with Crippen LogP contribution in [0.15, 0.2) is 164 Å². The van der Waals surface area contributed by atoms with Gasteiger partial charge in [0.15, 0.2) is 0 Å². The molecule has 1 saturated carbocycles. The molecule has 0 N–H and O–H groups in total. The van der Waals surface area contributed by atoms with Crippen LogP contribution in [0.5, 0.6) is 5.75 Å². The van der Waals surface area contributed by atoms with Gasteiger partial charge in [0.2, 0.25) is 6.71 Å². The molecule has 0 spiro atoms. The van der Waals surface area contributed by atoms with E-state index in [1.807, 2.05) is 25.5 Å². The molecule has 0 aliphatic heterocycles. The van der Waals surface area contributed by atoms with Crippen molar-refractivity contribution >= 4 is 32.3 Å². The highest BCUT2D eigenvalue weighted by molar-refractivity contribution is 6.86. The number of hydrogen-bond donors (Lipinski definition) is 0. The molecule has 5 heteroatoms. The first kappa shape index (κ1) is 29.5. The largest absolute Gasteiger partial charge is 0.494 e. The standard InChI is InChI=1S/C24H22N2OSi.C15H15B/c1-2-27-22-14-9-15-23(18-22)28-24(26-17-16-25-19-26,20-10-5-3-6-11-20)21-12-7-4-8-13-21;1-3-7-13(8-4-1)16(15-11-12-15)14-9-5-2-6-10-14/h3-19H,2H2,1H3;1-10,15H,11-12H2. The van der Waals surface area contributed by atoms with Crippen LogP contribution in [-0.4, -0.2) is 32.4 Å². The molecule has 1 aliphatic carbocycles. The summed E-state index contributed by atoms with van der Waals surface area (Å²) in [5.41, 5.74) is 5.41. The van der Waals surface area contributed by atoms with E-state index in [4.69, 9.17) is 4.74 Å². The van der Waals surface area contributed by atoms with E-state index >= 15 is 0 Å². The van der Waals surface area contributed by atoms with E-state index in [-0.39, 0.29) is 5.16 Å². The zero-order valence-corrected chi connectivity index (χ0v) is 26.2. The molecule has 216 valence electrons. The van der Waals surface area contributed by atoms with Gasteiger partial charge in [0.05, 0.1) is 18.1 Å². The highest BCUT2D eigenvalue weighted by Gasteiger charge is 2.37. The lowest BCUT2D eigenvalue weighted by molar-refractivity contribution is 0.340. The molecule has 0 atom stereocenters. The molecule has 3 nitrogen and oxygen atoms in total. The molecule has 5 aromatic carbocycles. The summed E-state index contributed by atoms with van der Waals surface area (Å²) in [5, 5.41) is 0.872. The number of hydrogen-bond acceptors (Lipinski definition) is 2. The monoisotopic (exact) mass is 588 g/mol. The van der Waals surface area contributed by atoms with E-state index < -0.39 is 0 Å². The van der Waals surface area contributed by atoms with Gasteiger partial charge in [-0.3, -0.25) is 0 Å². The van der Waals surface area contributed by atoms with E-state index in [0.29, 0.717) is 22.8 Å². The number of rotatable bonds is 10. The average molecular weight is 589 g/mol. The summed E-state index contributed by atoms with van der Waals surface area (Å²) in [6.07, 6.45) is 8.59. The Hall–Kier alpha value is -4.61. The zero-order valence-electron chi connectivity index (χ0n) is 25.2. The second-order valence-electron chi connectivity index (χ2n) is 11.1. The lowest BCUT2D eigenvalue weighted by atomic mass is 9.37. The molecule has 44 heavy (non-hydrogen) atoms. The Morgan fingerprint density at radius 3 is 1.75 bits per heavy atom. The maximum absolute atomic E-state index is 5.75. The minimum Gasteiger partial charge on any atom is -0.494 e. The lowest BCUT2D eigenvalue weighted by Crippen LogP contribution is -2.46. The fraction of sp³-hybridized carbons (Fsp3) is 0.154. The molecule has 6 aromatic rings. The molecule has 0 bridgehead atoms. The Morgan fingerprint density at radius 1 is 0.727 bits per heavy atom. The summed E-state index contributed by atoms with van der Waals surface area (Å²) < 4.78 is 7.97. The van der Waals surface area contributed by atoms with Crippen molar-refractivity contribution in [3.8, 4) is 5.75 Å². The predicted molar refractivity (Wildman–Crippen MR) is 185 cm³/mol. The number of aromatic nitrogens is 2. The molecular weight excluding hydrogens is 551 g/mol. The molecule has 1 fully saturated rings. The van der Waals surface area contributed by atoms with Gasteiger partial charge in [-0.25, -0.2) is 4.98 Å². The van der Waals surface area contributed by atoms with Crippen LogP contribution < -0.4 is 20.8 Å². The van der Waals surface area contributed by atoms with Gasteiger partial charge in [-0.05, 0) is 30.2 Å². The quantitative estimate of drug-likeness (QED) is 0.171. The lowest BCUT2D eigenvalue weighted by Gasteiger charge is -2.36. The third kappa shape index (κ3) is 6.79. The SMILES string of the molecule is CCOc1cccc([Si]C(c2ccccc2)(c2ccccc2)n2ccnc2)c1.c1ccc(B(c2ccccc2)C2CC2)cc1. The predicted octanol–water partition coefficient (Wildman–Crippen LogP) is 6.52. The molecule has 7 rings (SSSR count). The number of imidazole rings is 1. The smallest absolute Gasteiger partial charge is 0.212 e. The van der Waals surface area contributed by atoms with Gasteiger partial charge in [0.1, 0.15) is 15.3 Å². The van der Waals surface area contributed by atoms with Crippen LogP contribution in [0.25, 0.3) is 0 Å². The maximum Gasteiger partial charge on any atom is 0.212 e. The van der Waals surface area contributed by atoms with E-state index in [1.165, 1.54) is 40.1 Å². The van der Waals surface area contributed by atoms with Gasteiger partial charge in [-0.1, -0.05) is 168 Å². The summed E-state index contributed by atoms with van der Waals surface area (Å²) in [7, 11) is 0.459. The summed E-state index contributed by atoms with van der Waals surface area (Å²) in [6.45, 7) is 3.29.